The van der Waals surface area contributed by atoms with Crippen molar-refractivity contribution in [3.05, 3.63) is 65.6 Å². The zero-order chi connectivity index (χ0) is 24.2. The van der Waals surface area contributed by atoms with Gasteiger partial charge < -0.3 is 19.4 Å². The molecule has 4 rings (SSSR count). The molecule has 7 nitrogen and oxygen atoms in total. The zero-order valence-electron chi connectivity index (χ0n) is 20.5. The highest BCUT2D eigenvalue weighted by Gasteiger charge is 2.28. The third kappa shape index (κ3) is 5.58. The molecule has 1 aliphatic heterocycles. The number of fused-ring (bicyclic) bond motifs is 1. The van der Waals surface area contributed by atoms with Crippen LogP contribution in [0.15, 0.2) is 48.8 Å². The average Bonchev–Trinajstić information content (AvgIpc) is 3.24. The summed E-state index contributed by atoms with van der Waals surface area (Å²) in [6.07, 6.45) is 5.39. The van der Waals surface area contributed by atoms with E-state index in [-0.39, 0.29) is 23.8 Å². The molecule has 3 aromatic rings. The lowest BCUT2D eigenvalue weighted by molar-refractivity contribution is -0.127. The number of imidazole rings is 1. The number of aromatic nitrogens is 2. The fourth-order valence-corrected chi connectivity index (χ4v) is 4.11. The number of nitrogens with one attached hydrogen (secondary N) is 1. The van der Waals surface area contributed by atoms with Gasteiger partial charge in [-0.05, 0) is 68.5 Å². The van der Waals surface area contributed by atoms with Gasteiger partial charge in [-0.25, -0.2) is 4.98 Å². The Morgan fingerprint density at radius 3 is 2.44 bits per heavy atom. The summed E-state index contributed by atoms with van der Waals surface area (Å²) in [5, 5.41) is 3.10. The van der Waals surface area contributed by atoms with Gasteiger partial charge in [0.05, 0.1) is 5.69 Å². The lowest BCUT2D eigenvalue weighted by Crippen LogP contribution is -2.45. The molecule has 3 heterocycles. The number of piperidine rings is 1. The average molecular weight is 463 g/mol. The van der Waals surface area contributed by atoms with Crippen LogP contribution in [0.4, 0.5) is 0 Å². The molecule has 2 aromatic heterocycles. The Labute approximate surface area is 201 Å². The van der Waals surface area contributed by atoms with Crippen LogP contribution >= 0.6 is 0 Å². The Balaban J connectivity index is 1.28. The molecule has 34 heavy (non-hydrogen) atoms. The molecule has 0 radical (unpaired) electrons. The van der Waals surface area contributed by atoms with Crippen LogP contribution in [0, 0.1) is 18.8 Å². The fourth-order valence-electron chi connectivity index (χ4n) is 4.11. The quantitative estimate of drug-likeness (QED) is 0.570. The Morgan fingerprint density at radius 2 is 1.76 bits per heavy atom. The number of hydrogen-bond acceptors (Lipinski definition) is 4. The Bertz CT molecular complexity index is 1140. The standard InChI is InChI=1S/C27H34N4O3/c1-18(2)20(4)28-26(32)21-11-13-30(14-12-21)27(33)22-6-8-24(9-7-22)34-17-23-16-31-15-19(3)5-10-25(31)29-23/h5-10,15-16,18,20-21H,11-14,17H2,1-4H3,(H,28,32). The topological polar surface area (TPSA) is 75.9 Å². The minimum atomic E-state index is -0.0236. The van der Waals surface area contributed by atoms with E-state index in [1.54, 1.807) is 12.1 Å². The van der Waals surface area contributed by atoms with E-state index in [0.29, 0.717) is 49.8 Å². The van der Waals surface area contributed by atoms with Crippen molar-refractivity contribution in [2.45, 2.75) is 53.2 Å². The summed E-state index contributed by atoms with van der Waals surface area (Å²) in [4.78, 5) is 31.8. The number of carbonyl (C=O) groups is 2. The summed E-state index contributed by atoms with van der Waals surface area (Å²) in [7, 11) is 0. The van der Waals surface area contributed by atoms with Crippen LogP contribution in [0.3, 0.4) is 0 Å². The van der Waals surface area contributed by atoms with Gasteiger partial charge in [0.25, 0.3) is 5.91 Å². The van der Waals surface area contributed by atoms with Crippen LogP contribution in [0.25, 0.3) is 5.65 Å². The lowest BCUT2D eigenvalue weighted by Gasteiger charge is -2.32. The van der Waals surface area contributed by atoms with Gasteiger partial charge in [0.1, 0.15) is 18.0 Å². The first-order valence-electron chi connectivity index (χ1n) is 12.1. The molecular weight excluding hydrogens is 428 g/mol. The molecule has 180 valence electrons. The van der Waals surface area contributed by atoms with Crippen LogP contribution < -0.4 is 10.1 Å². The Kier molecular flexibility index (Phi) is 7.20. The van der Waals surface area contributed by atoms with E-state index < -0.39 is 0 Å². The number of likely N-dealkylation sites (tertiary alicyclic amines) is 1. The van der Waals surface area contributed by atoms with E-state index in [0.717, 1.165) is 11.3 Å². The second-order valence-electron chi connectivity index (χ2n) is 9.62. The SMILES string of the molecule is Cc1ccc2nc(COc3ccc(C(=O)N4CCC(C(=O)NC(C)C(C)C)CC4)cc3)cn2c1. The number of amides is 2. The van der Waals surface area contributed by atoms with Crippen molar-refractivity contribution in [1.82, 2.24) is 19.6 Å². The van der Waals surface area contributed by atoms with Crippen molar-refractivity contribution in [3.8, 4) is 5.75 Å². The summed E-state index contributed by atoms with van der Waals surface area (Å²) in [5.41, 5.74) is 3.54. The molecule has 1 aliphatic rings. The molecular formula is C27H34N4O3. The molecule has 0 bridgehead atoms. The lowest BCUT2D eigenvalue weighted by atomic mass is 9.94. The van der Waals surface area contributed by atoms with E-state index in [9.17, 15) is 9.59 Å². The zero-order valence-corrected chi connectivity index (χ0v) is 20.5. The van der Waals surface area contributed by atoms with Crippen LogP contribution in [0.1, 0.15) is 55.2 Å². The van der Waals surface area contributed by atoms with Gasteiger partial charge in [0.15, 0.2) is 0 Å². The van der Waals surface area contributed by atoms with Gasteiger partial charge in [0.2, 0.25) is 5.91 Å². The first kappa shape index (κ1) is 23.8. The number of rotatable bonds is 7. The number of ether oxygens (including phenoxy) is 1. The largest absolute Gasteiger partial charge is 0.487 e. The van der Waals surface area contributed by atoms with Gasteiger partial charge in [-0.1, -0.05) is 19.9 Å². The van der Waals surface area contributed by atoms with Crippen molar-refractivity contribution in [2.75, 3.05) is 13.1 Å². The van der Waals surface area contributed by atoms with Crippen LogP contribution in [0.2, 0.25) is 0 Å². The second kappa shape index (κ2) is 10.3. The molecule has 1 saturated heterocycles. The van der Waals surface area contributed by atoms with Crippen LogP contribution in [-0.4, -0.2) is 45.2 Å². The van der Waals surface area contributed by atoms with Crippen molar-refractivity contribution in [2.24, 2.45) is 11.8 Å². The van der Waals surface area contributed by atoms with Crippen molar-refractivity contribution in [3.63, 3.8) is 0 Å². The normalized spacial score (nSPS) is 15.5. The highest BCUT2D eigenvalue weighted by Crippen LogP contribution is 2.21. The number of aryl methyl sites for hydroxylation is 1. The van der Waals surface area contributed by atoms with Crippen molar-refractivity contribution in [1.29, 1.82) is 0 Å². The van der Waals surface area contributed by atoms with E-state index in [1.807, 2.05) is 59.8 Å². The number of hydrogen-bond donors (Lipinski definition) is 1. The van der Waals surface area contributed by atoms with E-state index in [1.165, 1.54) is 5.56 Å². The molecule has 1 fully saturated rings. The third-order valence-corrected chi connectivity index (χ3v) is 6.66. The minimum absolute atomic E-state index is 0.00308. The molecule has 1 aromatic carbocycles. The van der Waals surface area contributed by atoms with Gasteiger partial charge in [-0.2, -0.15) is 0 Å². The minimum Gasteiger partial charge on any atom is -0.487 e. The fraction of sp³-hybridized carbons (Fsp3) is 0.444. The van der Waals surface area contributed by atoms with E-state index in [4.69, 9.17) is 4.74 Å². The first-order valence-corrected chi connectivity index (χ1v) is 12.1. The molecule has 0 aliphatic carbocycles. The second-order valence-corrected chi connectivity index (χ2v) is 9.62. The first-order chi connectivity index (χ1) is 16.3. The highest BCUT2D eigenvalue weighted by molar-refractivity contribution is 5.94. The van der Waals surface area contributed by atoms with E-state index >= 15 is 0 Å². The van der Waals surface area contributed by atoms with Gasteiger partial charge in [-0.15, -0.1) is 0 Å². The molecule has 1 atom stereocenters. The monoisotopic (exact) mass is 462 g/mol. The van der Waals surface area contributed by atoms with E-state index in [2.05, 4.69) is 24.1 Å². The maximum atomic E-state index is 12.9. The van der Waals surface area contributed by atoms with Gasteiger partial charge in [-0.3, -0.25) is 9.59 Å². The van der Waals surface area contributed by atoms with Crippen LogP contribution in [-0.2, 0) is 11.4 Å². The number of carbonyl (C=O) groups excluding carboxylic acids is 2. The highest BCUT2D eigenvalue weighted by atomic mass is 16.5. The molecule has 1 N–H and O–H groups in total. The molecule has 0 saturated carbocycles. The third-order valence-electron chi connectivity index (χ3n) is 6.66. The predicted molar refractivity (Wildman–Crippen MR) is 132 cm³/mol. The van der Waals surface area contributed by atoms with Crippen molar-refractivity contribution < 1.29 is 14.3 Å². The summed E-state index contributed by atoms with van der Waals surface area (Å²) in [6, 6.07) is 11.4. The van der Waals surface area contributed by atoms with Crippen LogP contribution in [0.5, 0.6) is 5.75 Å². The summed E-state index contributed by atoms with van der Waals surface area (Å²) in [6.45, 7) is 9.83. The summed E-state index contributed by atoms with van der Waals surface area (Å²) < 4.78 is 7.87. The molecule has 0 spiro atoms. The summed E-state index contributed by atoms with van der Waals surface area (Å²) >= 11 is 0. The number of benzene rings is 1. The molecule has 1 unspecified atom stereocenters. The predicted octanol–water partition coefficient (Wildman–Crippen LogP) is 4.23. The number of pyridine rings is 1. The number of nitrogens with zero attached hydrogens (tertiary/aromatic N) is 3. The summed E-state index contributed by atoms with van der Waals surface area (Å²) in [5.74, 6) is 1.18. The maximum Gasteiger partial charge on any atom is 0.253 e. The van der Waals surface area contributed by atoms with Gasteiger partial charge >= 0.3 is 0 Å². The Hall–Kier alpha value is -3.35. The van der Waals surface area contributed by atoms with Gasteiger partial charge in [0, 0.05) is 43.0 Å². The molecule has 2 amide bonds. The Morgan fingerprint density at radius 1 is 1.06 bits per heavy atom. The van der Waals surface area contributed by atoms with Crippen molar-refractivity contribution >= 4 is 17.5 Å². The maximum absolute atomic E-state index is 12.9. The molecule has 7 heteroatoms. The smallest absolute Gasteiger partial charge is 0.253 e.